The van der Waals surface area contributed by atoms with Crippen LogP contribution in [-0.4, -0.2) is 32.8 Å². The Labute approximate surface area is 120 Å². The zero-order valence-corrected chi connectivity index (χ0v) is 12.2. The van der Waals surface area contributed by atoms with Crippen LogP contribution < -0.4 is 5.32 Å². The van der Waals surface area contributed by atoms with Gasteiger partial charge in [-0.15, -0.1) is 5.10 Å². The van der Waals surface area contributed by atoms with Gasteiger partial charge in [0.1, 0.15) is 0 Å². The van der Waals surface area contributed by atoms with E-state index in [4.69, 9.17) is 0 Å². The van der Waals surface area contributed by atoms with Crippen molar-refractivity contribution in [2.45, 2.75) is 31.7 Å². The van der Waals surface area contributed by atoms with Crippen molar-refractivity contribution in [2.75, 3.05) is 6.54 Å². The van der Waals surface area contributed by atoms with Crippen molar-refractivity contribution >= 4 is 15.9 Å². The Hall–Kier alpha value is -1.27. The largest absolute Gasteiger partial charge is 0.314 e. The summed E-state index contributed by atoms with van der Waals surface area (Å²) < 4.78 is 2.88. The molecule has 1 unspecified atom stereocenters. The van der Waals surface area contributed by atoms with Gasteiger partial charge in [0.2, 0.25) is 0 Å². The first kappa shape index (κ1) is 12.7. The maximum Gasteiger partial charge on any atom is 0.158 e. The van der Waals surface area contributed by atoms with Crippen LogP contribution in [0.15, 0.2) is 28.7 Å². The minimum absolute atomic E-state index is 0.494. The lowest BCUT2D eigenvalue weighted by atomic mass is 10.0. The van der Waals surface area contributed by atoms with Gasteiger partial charge in [-0.3, -0.25) is 0 Å². The van der Waals surface area contributed by atoms with Gasteiger partial charge in [-0.25, -0.2) is 0 Å². The zero-order chi connectivity index (χ0) is 13.1. The summed E-state index contributed by atoms with van der Waals surface area (Å²) in [5, 5.41) is 15.6. The van der Waals surface area contributed by atoms with E-state index in [-0.39, 0.29) is 0 Å². The third kappa shape index (κ3) is 3.01. The second-order valence-corrected chi connectivity index (χ2v) is 5.75. The van der Waals surface area contributed by atoms with E-state index < -0.39 is 0 Å². The summed E-state index contributed by atoms with van der Waals surface area (Å²) in [4.78, 5) is 0. The van der Waals surface area contributed by atoms with Crippen LogP contribution in [0, 0.1) is 0 Å². The molecular formula is C13H16BrN5. The Kier molecular flexibility index (Phi) is 3.89. The van der Waals surface area contributed by atoms with Crippen molar-refractivity contribution < 1.29 is 0 Å². The lowest BCUT2D eigenvalue weighted by Crippen LogP contribution is -2.36. The van der Waals surface area contributed by atoms with Crippen LogP contribution in [0.5, 0.6) is 0 Å². The minimum Gasteiger partial charge on any atom is -0.314 e. The number of benzene rings is 1. The molecule has 1 N–H and O–H groups in total. The highest BCUT2D eigenvalue weighted by Gasteiger charge is 2.17. The van der Waals surface area contributed by atoms with E-state index >= 15 is 0 Å². The van der Waals surface area contributed by atoms with Crippen molar-refractivity contribution in [2.24, 2.45) is 0 Å². The maximum atomic E-state index is 4.16. The summed E-state index contributed by atoms with van der Waals surface area (Å²) >= 11 is 3.44. The molecule has 0 bridgehead atoms. The number of tetrazole rings is 1. The van der Waals surface area contributed by atoms with Gasteiger partial charge in [-0.2, -0.15) is 4.68 Å². The van der Waals surface area contributed by atoms with E-state index in [1.165, 1.54) is 19.3 Å². The molecule has 1 fully saturated rings. The maximum absolute atomic E-state index is 4.16. The molecule has 0 saturated carbocycles. The highest BCUT2D eigenvalue weighted by atomic mass is 79.9. The van der Waals surface area contributed by atoms with Gasteiger partial charge < -0.3 is 5.32 Å². The third-order valence-electron chi connectivity index (χ3n) is 3.45. The smallest absolute Gasteiger partial charge is 0.158 e. The van der Waals surface area contributed by atoms with Crippen LogP contribution >= 0.6 is 15.9 Å². The summed E-state index contributed by atoms with van der Waals surface area (Å²) in [5.41, 5.74) is 0.999. The topological polar surface area (TPSA) is 55.6 Å². The molecule has 0 radical (unpaired) electrons. The molecule has 2 aromatic rings. The summed E-state index contributed by atoms with van der Waals surface area (Å²) in [6.45, 7) is 1.10. The van der Waals surface area contributed by atoms with Gasteiger partial charge in [0.05, 0.1) is 5.69 Å². The van der Waals surface area contributed by atoms with Crippen LogP contribution in [0.4, 0.5) is 0 Å². The van der Waals surface area contributed by atoms with Gasteiger partial charge in [-0.05, 0) is 54.1 Å². The van der Waals surface area contributed by atoms with E-state index in [2.05, 4.69) is 36.8 Å². The molecule has 1 aromatic carbocycles. The van der Waals surface area contributed by atoms with Crippen molar-refractivity contribution in [1.82, 2.24) is 25.5 Å². The number of halogens is 1. The molecule has 100 valence electrons. The van der Waals surface area contributed by atoms with Crippen molar-refractivity contribution in [3.8, 4) is 5.69 Å². The first-order valence-corrected chi connectivity index (χ1v) is 7.39. The summed E-state index contributed by atoms with van der Waals surface area (Å²) in [6.07, 6.45) is 4.64. The van der Waals surface area contributed by atoms with E-state index in [0.29, 0.717) is 6.04 Å². The first-order chi connectivity index (χ1) is 9.33. The molecule has 0 spiro atoms. The van der Waals surface area contributed by atoms with Gasteiger partial charge in [0.25, 0.3) is 0 Å². The van der Waals surface area contributed by atoms with Gasteiger partial charge in [0.15, 0.2) is 5.82 Å². The number of aromatic nitrogens is 4. The average Bonchev–Trinajstić information content (AvgIpc) is 2.89. The number of hydrogen-bond donors (Lipinski definition) is 1. The van der Waals surface area contributed by atoms with Crippen LogP contribution in [0.3, 0.4) is 0 Å². The predicted octanol–water partition coefficient (Wildman–Crippen LogP) is 2.11. The van der Waals surface area contributed by atoms with E-state index in [0.717, 1.165) is 29.0 Å². The van der Waals surface area contributed by atoms with Crippen molar-refractivity contribution in [1.29, 1.82) is 0 Å². The Morgan fingerprint density at radius 3 is 2.84 bits per heavy atom. The number of nitrogens with one attached hydrogen (secondary N) is 1. The van der Waals surface area contributed by atoms with E-state index in [1.54, 1.807) is 0 Å². The van der Waals surface area contributed by atoms with E-state index in [9.17, 15) is 0 Å². The average molecular weight is 322 g/mol. The van der Waals surface area contributed by atoms with Crippen LogP contribution in [-0.2, 0) is 6.42 Å². The van der Waals surface area contributed by atoms with Gasteiger partial charge >= 0.3 is 0 Å². The molecule has 1 saturated heterocycles. The van der Waals surface area contributed by atoms with Crippen LogP contribution in [0.25, 0.3) is 5.69 Å². The Morgan fingerprint density at radius 2 is 2.11 bits per heavy atom. The monoisotopic (exact) mass is 321 g/mol. The minimum atomic E-state index is 0.494. The third-order valence-corrected chi connectivity index (χ3v) is 3.98. The molecule has 5 nitrogen and oxygen atoms in total. The van der Waals surface area contributed by atoms with Crippen molar-refractivity contribution in [3.63, 3.8) is 0 Å². The predicted molar refractivity (Wildman–Crippen MR) is 76.2 cm³/mol. The molecule has 0 amide bonds. The highest BCUT2D eigenvalue weighted by Crippen LogP contribution is 2.16. The Balaban J connectivity index is 1.79. The lowest BCUT2D eigenvalue weighted by Gasteiger charge is -2.22. The van der Waals surface area contributed by atoms with Crippen molar-refractivity contribution in [3.05, 3.63) is 34.6 Å². The number of rotatable bonds is 3. The second-order valence-electron chi connectivity index (χ2n) is 4.83. The number of hydrogen-bond acceptors (Lipinski definition) is 4. The normalized spacial score (nSPS) is 19.5. The Bertz CT molecular complexity index is 530. The highest BCUT2D eigenvalue weighted by molar-refractivity contribution is 9.10. The molecule has 19 heavy (non-hydrogen) atoms. The second kappa shape index (κ2) is 5.79. The zero-order valence-electron chi connectivity index (χ0n) is 10.6. The molecule has 1 aromatic heterocycles. The summed E-state index contributed by atoms with van der Waals surface area (Å²) in [7, 11) is 0. The summed E-state index contributed by atoms with van der Waals surface area (Å²) in [6, 6.07) is 8.52. The van der Waals surface area contributed by atoms with E-state index in [1.807, 2.05) is 28.9 Å². The molecule has 1 aliphatic heterocycles. The molecule has 1 aliphatic rings. The number of piperidine rings is 1. The fourth-order valence-electron chi connectivity index (χ4n) is 2.43. The molecule has 0 aliphatic carbocycles. The lowest BCUT2D eigenvalue weighted by molar-refractivity contribution is 0.392. The van der Waals surface area contributed by atoms with Crippen LogP contribution in [0.1, 0.15) is 25.1 Å². The standard InChI is InChI=1S/C13H16BrN5/c14-10-4-6-12(7-5-10)19-13(16-17-18-19)9-11-3-1-2-8-15-11/h4-7,11,15H,1-3,8-9H2. The molecule has 6 heteroatoms. The fraction of sp³-hybridized carbons (Fsp3) is 0.462. The van der Waals surface area contributed by atoms with Gasteiger partial charge in [-0.1, -0.05) is 22.4 Å². The summed E-state index contributed by atoms with van der Waals surface area (Å²) in [5.74, 6) is 0.918. The molecule has 1 atom stereocenters. The quantitative estimate of drug-likeness (QED) is 0.940. The Morgan fingerprint density at radius 1 is 1.26 bits per heavy atom. The van der Waals surface area contributed by atoms with Gasteiger partial charge in [0, 0.05) is 16.9 Å². The number of nitrogens with zero attached hydrogens (tertiary/aromatic N) is 4. The molecular weight excluding hydrogens is 306 g/mol. The molecule has 2 heterocycles. The first-order valence-electron chi connectivity index (χ1n) is 6.59. The molecule has 3 rings (SSSR count). The van der Waals surface area contributed by atoms with Crippen LogP contribution in [0.2, 0.25) is 0 Å². The fourth-order valence-corrected chi connectivity index (χ4v) is 2.70. The SMILES string of the molecule is Brc1ccc(-n2nnnc2CC2CCCCN2)cc1.